The predicted octanol–water partition coefficient (Wildman–Crippen LogP) is 0.637. The Balaban J connectivity index is 1.47. The number of hydrogen-bond donors (Lipinski definition) is 2. The molecule has 2 aromatic rings. The van der Waals surface area contributed by atoms with Gasteiger partial charge in [0.25, 0.3) is 5.91 Å². The first-order chi connectivity index (χ1) is 13.0. The summed E-state index contributed by atoms with van der Waals surface area (Å²) < 4.78 is 6.08. The molecule has 2 fully saturated rings. The number of aromatic nitrogens is 4. The number of rotatable bonds is 3. The Morgan fingerprint density at radius 2 is 2.19 bits per heavy atom. The van der Waals surface area contributed by atoms with Crippen molar-refractivity contribution in [3.05, 3.63) is 29.8 Å². The lowest BCUT2D eigenvalue weighted by Crippen LogP contribution is -2.69. The van der Waals surface area contributed by atoms with Crippen LogP contribution in [-0.2, 0) is 4.74 Å². The first-order valence-corrected chi connectivity index (χ1v) is 9.82. The molecular formula is C17H22N6O3S. The Morgan fingerprint density at radius 3 is 2.85 bits per heavy atom. The number of ether oxygens (including phenoxy) is 1. The number of amides is 1. The van der Waals surface area contributed by atoms with Gasteiger partial charge in [0.1, 0.15) is 17.3 Å². The van der Waals surface area contributed by atoms with Crippen molar-refractivity contribution in [1.82, 2.24) is 25.5 Å². The van der Waals surface area contributed by atoms with E-state index in [9.17, 15) is 9.90 Å². The molecule has 144 valence electrons. The zero-order chi connectivity index (χ0) is 18.9. The van der Waals surface area contributed by atoms with Gasteiger partial charge < -0.3 is 20.1 Å². The maximum absolute atomic E-state index is 12.6. The summed E-state index contributed by atoms with van der Waals surface area (Å²) in [6.07, 6.45) is 5.43. The summed E-state index contributed by atoms with van der Waals surface area (Å²) in [7, 11) is 0. The van der Waals surface area contributed by atoms with Gasteiger partial charge in [0, 0.05) is 32.1 Å². The SMILES string of the molecule is C[C@]1(NC(=O)c2cnccn2)CCOC2(CCN(c3nncs3)CC2)[C@@H]1O. The van der Waals surface area contributed by atoms with Crippen LogP contribution in [0.15, 0.2) is 24.1 Å². The molecule has 2 aromatic heterocycles. The van der Waals surface area contributed by atoms with Crippen LogP contribution >= 0.6 is 11.3 Å². The van der Waals surface area contributed by atoms with Crippen LogP contribution in [0.2, 0.25) is 0 Å². The van der Waals surface area contributed by atoms with E-state index in [0.29, 0.717) is 25.9 Å². The third-order valence-corrected chi connectivity index (χ3v) is 6.29. The number of hydrogen-bond acceptors (Lipinski definition) is 9. The van der Waals surface area contributed by atoms with Crippen LogP contribution in [0.3, 0.4) is 0 Å². The van der Waals surface area contributed by atoms with Gasteiger partial charge in [0.15, 0.2) is 0 Å². The van der Waals surface area contributed by atoms with E-state index in [0.717, 1.165) is 18.2 Å². The van der Waals surface area contributed by atoms with E-state index in [4.69, 9.17) is 4.74 Å². The third kappa shape index (κ3) is 3.40. The minimum atomic E-state index is -0.823. The van der Waals surface area contributed by atoms with Gasteiger partial charge in [-0.05, 0) is 26.2 Å². The van der Waals surface area contributed by atoms with Crippen molar-refractivity contribution in [1.29, 1.82) is 0 Å². The monoisotopic (exact) mass is 390 g/mol. The Labute approximate surface area is 160 Å². The summed E-state index contributed by atoms with van der Waals surface area (Å²) in [6.45, 7) is 3.79. The maximum atomic E-state index is 12.6. The van der Waals surface area contributed by atoms with Crippen LogP contribution in [0.5, 0.6) is 0 Å². The van der Waals surface area contributed by atoms with Crippen LogP contribution < -0.4 is 10.2 Å². The number of aliphatic hydroxyl groups excluding tert-OH is 1. The van der Waals surface area contributed by atoms with E-state index >= 15 is 0 Å². The quantitative estimate of drug-likeness (QED) is 0.785. The van der Waals surface area contributed by atoms with E-state index in [-0.39, 0.29) is 11.6 Å². The molecule has 2 aliphatic rings. The average Bonchev–Trinajstić information content (AvgIpc) is 3.22. The van der Waals surface area contributed by atoms with Crippen molar-refractivity contribution in [2.24, 2.45) is 0 Å². The molecule has 2 atom stereocenters. The first kappa shape index (κ1) is 18.2. The fraction of sp³-hybridized carbons (Fsp3) is 0.588. The number of carbonyl (C=O) groups excluding carboxylic acids is 1. The first-order valence-electron chi connectivity index (χ1n) is 8.94. The van der Waals surface area contributed by atoms with Crippen LogP contribution in [0, 0.1) is 0 Å². The molecule has 2 saturated heterocycles. The molecule has 2 aliphatic heterocycles. The molecule has 4 rings (SSSR count). The third-order valence-electron chi connectivity index (χ3n) is 5.54. The van der Waals surface area contributed by atoms with E-state index < -0.39 is 17.2 Å². The second-order valence-electron chi connectivity index (χ2n) is 7.24. The molecule has 1 spiro atoms. The number of nitrogens with zero attached hydrogens (tertiary/aromatic N) is 5. The molecule has 0 radical (unpaired) electrons. The molecule has 0 aromatic carbocycles. The lowest BCUT2D eigenvalue weighted by Gasteiger charge is -2.53. The fourth-order valence-corrected chi connectivity index (χ4v) is 4.55. The molecule has 2 N–H and O–H groups in total. The molecule has 4 heterocycles. The molecule has 27 heavy (non-hydrogen) atoms. The lowest BCUT2D eigenvalue weighted by atomic mass is 9.73. The minimum Gasteiger partial charge on any atom is -0.388 e. The smallest absolute Gasteiger partial charge is 0.271 e. The second kappa shape index (κ2) is 7.10. The zero-order valence-electron chi connectivity index (χ0n) is 15.0. The van der Waals surface area contributed by atoms with Crippen LogP contribution in [0.25, 0.3) is 0 Å². The largest absolute Gasteiger partial charge is 0.388 e. The van der Waals surface area contributed by atoms with E-state index in [1.165, 1.54) is 29.9 Å². The molecule has 0 bridgehead atoms. The summed E-state index contributed by atoms with van der Waals surface area (Å²) in [5, 5.41) is 23.0. The minimum absolute atomic E-state index is 0.234. The van der Waals surface area contributed by atoms with Crippen molar-refractivity contribution < 1.29 is 14.6 Å². The fourth-order valence-electron chi connectivity index (χ4n) is 3.93. The van der Waals surface area contributed by atoms with Gasteiger partial charge in [-0.1, -0.05) is 11.3 Å². The van der Waals surface area contributed by atoms with Gasteiger partial charge in [0.2, 0.25) is 5.13 Å². The Morgan fingerprint density at radius 1 is 1.37 bits per heavy atom. The standard InChI is InChI=1S/C17H22N6O3S/c1-16(21-13(24)12-10-18-5-6-19-12)4-9-26-17(14(16)25)2-7-23(8-3-17)15-22-20-11-27-15/h5-6,10-11,14,25H,2-4,7-9H2,1H3,(H,21,24)/t14-,16+/m1/s1. The van der Waals surface area contributed by atoms with Crippen molar-refractivity contribution in [3.8, 4) is 0 Å². The number of anilines is 1. The van der Waals surface area contributed by atoms with Gasteiger partial charge >= 0.3 is 0 Å². The highest BCUT2D eigenvalue weighted by Gasteiger charge is 2.54. The Bertz CT molecular complexity index is 781. The van der Waals surface area contributed by atoms with Crippen molar-refractivity contribution in [2.75, 3.05) is 24.6 Å². The van der Waals surface area contributed by atoms with Crippen molar-refractivity contribution in [2.45, 2.75) is 43.4 Å². The molecule has 9 nitrogen and oxygen atoms in total. The van der Waals surface area contributed by atoms with E-state index in [1.54, 1.807) is 5.51 Å². The van der Waals surface area contributed by atoms with Crippen molar-refractivity contribution >= 4 is 22.4 Å². The van der Waals surface area contributed by atoms with Crippen LogP contribution in [0.4, 0.5) is 5.13 Å². The zero-order valence-corrected chi connectivity index (χ0v) is 15.9. The lowest BCUT2D eigenvalue weighted by molar-refractivity contribution is -0.195. The summed E-state index contributed by atoms with van der Waals surface area (Å²) in [5.41, 5.74) is 0.476. The van der Waals surface area contributed by atoms with E-state index in [1.807, 2.05) is 6.92 Å². The number of piperidine rings is 1. The summed E-state index contributed by atoms with van der Waals surface area (Å²) >= 11 is 1.50. The number of nitrogens with one attached hydrogen (secondary N) is 1. The number of carbonyl (C=O) groups is 1. The average molecular weight is 390 g/mol. The van der Waals surface area contributed by atoms with Crippen LogP contribution in [0.1, 0.15) is 36.7 Å². The topological polar surface area (TPSA) is 113 Å². The predicted molar refractivity (Wildman–Crippen MR) is 98.6 cm³/mol. The summed E-state index contributed by atoms with van der Waals surface area (Å²) in [4.78, 5) is 22.7. The normalized spacial score (nSPS) is 27.5. The van der Waals surface area contributed by atoms with Gasteiger partial charge in [-0.25, -0.2) is 4.98 Å². The van der Waals surface area contributed by atoms with Gasteiger partial charge in [0.05, 0.1) is 17.3 Å². The maximum Gasteiger partial charge on any atom is 0.271 e. The Hall–Kier alpha value is -2.17. The molecule has 0 unspecified atom stereocenters. The molecular weight excluding hydrogens is 368 g/mol. The second-order valence-corrected chi connectivity index (χ2v) is 8.05. The highest BCUT2D eigenvalue weighted by Crippen LogP contribution is 2.40. The summed E-state index contributed by atoms with van der Waals surface area (Å²) in [5.74, 6) is -0.340. The van der Waals surface area contributed by atoms with Gasteiger partial charge in [-0.15, -0.1) is 10.2 Å². The Kier molecular flexibility index (Phi) is 4.79. The van der Waals surface area contributed by atoms with Gasteiger partial charge in [-0.2, -0.15) is 0 Å². The molecule has 1 amide bonds. The van der Waals surface area contributed by atoms with Crippen molar-refractivity contribution in [3.63, 3.8) is 0 Å². The highest BCUT2D eigenvalue weighted by atomic mass is 32.1. The van der Waals surface area contributed by atoms with Gasteiger partial charge in [-0.3, -0.25) is 9.78 Å². The molecule has 0 aliphatic carbocycles. The summed E-state index contributed by atoms with van der Waals surface area (Å²) in [6, 6.07) is 0. The molecule has 0 saturated carbocycles. The van der Waals surface area contributed by atoms with Crippen LogP contribution in [-0.4, -0.2) is 68.1 Å². The highest BCUT2D eigenvalue weighted by molar-refractivity contribution is 7.13. The van der Waals surface area contributed by atoms with E-state index in [2.05, 4.69) is 30.4 Å². The molecule has 10 heteroatoms. The number of aliphatic hydroxyl groups is 1.